The van der Waals surface area contributed by atoms with Gasteiger partial charge in [0.1, 0.15) is 5.82 Å². The van der Waals surface area contributed by atoms with Crippen LogP contribution in [-0.2, 0) is 4.79 Å². The first-order chi connectivity index (χ1) is 8.85. The number of carbonyl (C=O) groups is 1. The number of benzene rings is 1. The second-order valence-electron chi connectivity index (χ2n) is 4.54. The number of nitrogens with one attached hydrogen (secondary N) is 1. The van der Waals surface area contributed by atoms with Crippen LogP contribution in [0.1, 0.15) is 25.8 Å². The number of hydrogen-bond acceptors (Lipinski definition) is 2. The van der Waals surface area contributed by atoms with E-state index in [4.69, 9.17) is 11.6 Å². The van der Waals surface area contributed by atoms with Crippen molar-refractivity contribution in [2.24, 2.45) is 0 Å². The molecule has 0 fully saturated rings. The van der Waals surface area contributed by atoms with E-state index in [-0.39, 0.29) is 17.1 Å². The average Bonchev–Trinajstić information content (AvgIpc) is 2.36. The SMILES string of the molecule is CCC(C)(O)CNC(=O)C=Cc1c(F)cccc1Cl. The first-order valence-electron chi connectivity index (χ1n) is 5.98. The predicted molar refractivity (Wildman–Crippen MR) is 74.4 cm³/mol. The molecule has 5 heteroatoms. The molecule has 0 saturated carbocycles. The Morgan fingerprint density at radius 1 is 1.58 bits per heavy atom. The third-order valence-electron chi connectivity index (χ3n) is 2.81. The maximum Gasteiger partial charge on any atom is 0.244 e. The number of aliphatic hydroxyl groups is 1. The Labute approximate surface area is 117 Å². The van der Waals surface area contributed by atoms with E-state index < -0.39 is 17.3 Å². The van der Waals surface area contributed by atoms with Gasteiger partial charge in [0.05, 0.1) is 10.6 Å². The van der Waals surface area contributed by atoms with Gasteiger partial charge in [-0.3, -0.25) is 4.79 Å². The first-order valence-corrected chi connectivity index (χ1v) is 6.36. The monoisotopic (exact) mass is 285 g/mol. The van der Waals surface area contributed by atoms with Crippen LogP contribution in [0, 0.1) is 5.82 Å². The third-order valence-corrected chi connectivity index (χ3v) is 3.14. The molecule has 1 unspecified atom stereocenters. The highest BCUT2D eigenvalue weighted by atomic mass is 35.5. The van der Waals surface area contributed by atoms with Crippen LogP contribution in [0.2, 0.25) is 5.02 Å². The maximum absolute atomic E-state index is 13.4. The zero-order valence-electron chi connectivity index (χ0n) is 10.9. The average molecular weight is 286 g/mol. The van der Waals surface area contributed by atoms with Gasteiger partial charge in [-0.05, 0) is 31.6 Å². The Bertz CT molecular complexity index is 466. The Morgan fingerprint density at radius 3 is 2.84 bits per heavy atom. The van der Waals surface area contributed by atoms with Crippen molar-refractivity contribution < 1.29 is 14.3 Å². The fourth-order valence-electron chi connectivity index (χ4n) is 1.29. The Kier molecular flexibility index (Phi) is 5.51. The zero-order valence-corrected chi connectivity index (χ0v) is 11.7. The Balaban J connectivity index is 2.64. The molecule has 0 saturated heterocycles. The van der Waals surface area contributed by atoms with E-state index in [1.807, 2.05) is 6.92 Å². The van der Waals surface area contributed by atoms with E-state index in [9.17, 15) is 14.3 Å². The van der Waals surface area contributed by atoms with Crippen molar-refractivity contribution in [3.8, 4) is 0 Å². The molecule has 0 aromatic heterocycles. The molecule has 2 N–H and O–H groups in total. The van der Waals surface area contributed by atoms with Crippen LogP contribution in [0.25, 0.3) is 6.08 Å². The largest absolute Gasteiger partial charge is 0.388 e. The molecule has 0 spiro atoms. The van der Waals surface area contributed by atoms with E-state index in [0.29, 0.717) is 6.42 Å². The summed E-state index contributed by atoms with van der Waals surface area (Å²) in [5, 5.41) is 12.5. The van der Waals surface area contributed by atoms with Crippen LogP contribution < -0.4 is 5.32 Å². The fraction of sp³-hybridized carbons (Fsp3) is 0.357. The number of amides is 1. The maximum atomic E-state index is 13.4. The number of halogens is 2. The summed E-state index contributed by atoms with van der Waals surface area (Å²) in [4.78, 5) is 11.5. The van der Waals surface area contributed by atoms with Crippen LogP contribution in [0.4, 0.5) is 4.39 Å². The van der Waals surface area contributed by atoms with Crippen molar-refractivity contribution in [3.63, 3.8) is 0 Å². The minimum atomic E-state index is -0.945. The van der Waals surface area contributed by atoms with E-state index in [1.165, 1.54) is 24.3 Å². The molecule has 0 aliphatic heterocycles. The smallest absolute Gasteiger partial charge is 0.244 e. The standard InChI is InChI=1S/C14H17ClFNO2/c1-3-14(2,19)9-17-13(18)8-7-10-11(15)5-4-6-12(10)16/h4-8,19H,3,9H2,1-2H3,(H,17,18). The molecule has 0 radical (unpaired) electrons. The molecule has 104 valence electrons. The van der Waals surface area contributed by atoms with Gasteiger partial charge in [0, 0.05) is 18.2 Å². The highest BCUT2D eigenvalue weighted by Crippen LogP contribution is 2.20. The molecular formula is C14H17ClFNO2. The molecule has 19 heavy (non-hydrogen) atoms. The van der Waals surface area contributed by atoms with Crippen molar-refractivity contribution in [3.05, 3.63) is 40.7 Å². The molecule has 0 aliphatic carbocycles. The van der Waals surface area contributed by atoms with Gasteiger partial charge >= 0.3 is 0 Å². The summed E-state index contributed by atoms with van der Waals surface area (Å²) in [5.74, 6) is -0.898. The molecule has 0 bridgehead atoms. The number of hydrogen-bond donors (Lipinski definition) is 2. The van der Waals surface area contributed by atoms with E-state index >= 15 is 0 Å². The predicted octanol–water partition coefficient (Wildman–Crippen LogP) is 2.77. The van der Waals surface area contributed by atoms with Gasteiger partial charge in [-0.25, -0.2) is 4.39 Å². The van der Waals surface area contributed by atoms with Gasteiger partial charge < -0.3 is 10.4 Å². The fourth-order valence-corrected chi connectivity index (χ4v) is 1.52. The molecule has 1 aromatic rings. The minimum absolute atomic E-state index is 0.137. The lowest BCUT2D eigenvalue weighted by atomic mass is 10.0. The first kappa shape index (κ1) is 15.7. The van der Waals surface area contributed by atoms with Crippen molar-refractivity contribution in [1.82, 2.24) is 5.32 Å². The van der Waals surface area contributed by atoms with Crippen molar-refractivity contribution in [2.75, 3.05) is 6.54 Å². The van der Waals surface area contributed by atoms with Gasteiger partial charge in [-0.15, -0.1) is 0 Å². The van der Waals surface area contributed by atoms with Crippen LogP contribution in [0.5, 0.6) is 0 Å². The topological polar surface area (TPSA) is 49.3 Å². The highest BCUT2D eigenvalue weighted by molar-refractivity contribution is 6.32. The molecule has 1 amide bonds. The second kappa shape index (κ2) is 6.68. The van der Waals surface area contributed by atoms with Gasteiger partial charge in [0.2, 0.25) is 5.91 Å². The Hall–Kier alpha value is -1.39. The zero-order chi connectivity index (χ0) is 14.5. The molecule has 1 rings (SSSR count). The number of rotatable bonds is 5. The van der Waals surface area contributed by atoms with Gasteiger partial charge in [0.15, 0.2) is 0 Å². The van der Waals surface area contributed by atoms with Crippen LogP contribution in [0.3, 0.4) is 0 Å². The summed E-state index contributed by atoms with van der Waals surface area (Å²) in [6.07, 6.45) is 3.03. The molecule has 0 aliphatic rings. The molecular weight excluding hydrogens is 269 g/mol. The van der Waals surface area contributed by atoms with Gasteiger partial charge in [0.25, 0.3) is 0 Å². The molecule has 1 aromatic carbocycles. The van der Waals surface area contributed by atoms with Crippen molar-refractivity contribution >= 4 is 23.6 Å². The van der Waals surface area contributed by atoms with Crippen LogP contribution in [0.15, 0.2) is 24.3 Å². The van der Waals surface area contributed by atoms with E-state index in [0.717, 1.165) is 0 Å². The molecule has 0 heterocycles. The van der Waals surface area contributed by atoms with Crippen molar-refractivity contribution in [1.29, 1.82) is 0 Å². The van der Waals surface area contributed by atoms with Crippen LogP contribution >= 0.6 is 11.6 Å². The highest BCUT2D eigenvalue weighted by Gasteiger charge is 2.17. The van der Waals surface area contributed by atoms with E-state index in [1.54, 1.807) is 13.0 Å². The van der Waals surface area contributed by atoms with E-state index in [2.05, 4.69) is 5.32 Å². The van der Waals surface area contributed by atoms with Gasteiger partial charge in [-0.2, -0.15) is 0 Å². The normalized spacial score (nSPS) is 14.4. The number of carbonyl (C=O) groups excluding carboxylic acids is 1. The Morgan fingerprint density at radius 2 is 2.26 bits per heavy atom. The summed E-state index contributed by atoms with van der Waals surface area (Å²) in [6, 6.07) is 4.31. The quantitative estimate of drug-likeness (QED) is 0.817. The van der Waals surface area contributed by atoms with Crippen molar-refractivity contribution in [2.45, 2.75) is 25.9 Å². The summed E-state index contributed by atoms with van der Waals surface area (Å²) in [6.45, 7) is 3.59. The lowest BCUT2D eigenvalue weighted by Gasteiger charge is -2.20. The summed E-state index contributed by atoms with van der Waals surface area (Å²) < 4.78 is 13.4. The lowest BCUT2D eigenvalue weighted by Crippen LogP contribution is -2.39. The molecule has 3 nitrogen and oxygen atoms in total. The second-order valence-corrected chi connectivity index (χ2v) is 4.94. The summed E-state index contributed by atoms with van der Waals surface area (Å²) >= 11 is 5.82. The summed E-state index contributed by atoms with van der Waals surface area (Å²) in [5.41, 5.74) is -0.777. The third kappa shape index (κ3) is 5.01. The minimum Gasteiger partial charge on any atom is -0.388 e. The lowest BCUT2D eigenvalue weighted by molar-refractivity contribution is -0.117. The van der Waals surface area contributed by atoms with Gasteiger partial charge in [-0.1, -0.05) is 24.6 Å². The molecule has 1 atom stereocenters. The summed E-state index contributed by atoms with van der Waals surface area (Å²) in [7, 11) is 0. The van der Waals surface area contributed by atoms with Crippen LogP contribution in [-0.4, -0.2) is 23.2 Å².